The average Bonchev–Trinajstić information content (AvgIpc) is 2.51. The topological polar surface area (TPSA) is 67.4 Å². The number of halogens is 4. The van der Waals surface area contributed by atoms with Crippen LogP contribution in [0.3, 0.4) is 0 Å². The van der Waals surface area contributed by atoms with Crippen molar-refractivity contribution >= 4 is 29.1 Å². The molecule has 0 aliphatic heterocycles. The first-order valence-electron chi connectivity index (χ1n) is 7.45. The van der Waals surface area contributed by atoms with Crippen LogP contribution < -0.4 is 10.6 Å². The average molecular weight is 381 g/mol. The summed E-state index contributed by atoms with van der Waals surface area (Å²) >= 11 is 5.60. The van der Waals surface area contributed by atoms with E-state index in [0.717, 1.165) is 12.1 Å². The summed E-state index contributed by atoms with van der Waals surface area (Å²) in [7, 11) is 1.52. The normalized spacial score (nSPS) is 12.0. The zero-order valence-electron chi connectivity index (χ0n) is 14.1. The van der Waals surface area contributed by atoms with Gasteiger partial charge in [0, 0.05) is 25.3 Å². The molecule has 0 radical (unpaired) electrons. The van der Waals surface area contributed by atoms with Gasteiger partial charge in [-0.15, -0.1) is 0 Å². The molecule has 0 spiro atoms. The molecular formula is C16H20ClF3N2O3. The summed E-state index contributed by atoms with van der Waals surface area (Å²) in [5.41, 5.74) is -3.10. The van der Waals surface area contributed by atoms with Crippen molar-refractivity contribution < 1.29 is 27.5 Å². The Balaban J connectivity index is 2.89. The lowest BCUT2D eigenvalue weighted by Crippen LogP contribution is -2.45. The number of hydrogen-bond acceptors (Lipinski definition) is 3. The van der Waals surface area contributed by atoms with Gasteiger partial charge < -0.3 is 15.4 Å². The molecule has 25 heavy (non-hydrogen) atoms. The molecule has 0 heterocycles. The zero-order valence-corrected chi connectivity index (χ0v) is 14.8. The van der Waals surface area contributed by atoms with E-state index >= 15 is 0 Å². The van der Waals surface area contributed by atoms with Gasteiger partial charge in [-0.3, -0.25) is 9.59 Å². The molecule has 5 nitrogen and oxygen atoms in total. The Labute approximate surface area is 148 Å². The van der Waals surface area contributed by atoms with E-state index in [2.05, 4.69) is 10.6 Å². The van der Waals surface area contributed by atoms with E-state index in [1.807, 2.05) is 0 Å². The zero-order chi connectivity index (χ0) is 19.3. The van der Waals surface area contributed by atoms with Crippen molar-refractivity contribution in [3.8, 4) is 0 Å². The van der Waals surface area contributed by atoms with Crippen LogP contribution in [0.5, 0.6) is 0 Å². The van der Waals surface area contributed by atoms with E-state index in [1.165, 1.54) is 27.0 Å². The summed E-state index contributed by atoms with van der Waals surface area (Å²) in [5.74, 6) is -1.45. The highest BCUT2D eigenvalue weighted by atomic mass is 35.5. The predicted octanol–water partition coefficient (Wildman–Crippen LogP) is 3.48. The SMILES string of the molecule is COCCCNC(=O)C(C)(C)C(=O)Nc1ccc(Cl)cc1C(F)(F)F. The minimum Gasteiger partial charge on any atom is -0.385 e. The molecule has 0 aromatic heterocycles. The van der Waals surface area contributed by atoms with E-state index in [4.69, 9.17) is 16.3 Å². The first-order valence-corrected chi connectivity index (χ1v) is 7.83. The molecule has 2 amide bonds. The van der Waals surface area contributed by atoms with Crippen molar-refractivity contribution in [3.63, 3.8) is 0 Å². The molecule has 0 saturated heterocycles. The number of carbonyl (C=O) groups excluding carboxylic acids is 2. The Bertz CT molecular complexity index is 634. The Morgan fingerprint density at radius 1 is 1.20 bits per heavy atom. The number of methoxy groups -OCH3 is 1. The van der Waals surface area contributed by atoms with Crippen LogP contribution >= 0.6 is 11.6 Å². The molecule has 0 atom stereocenters. The summed E-state index contributed by atoms with van der Waals surface area (Å²) < 4.78 is 44.1. The molecule has 0 saturated carbocycles. The number of anilines is 1. The molecule has 0 unspecified atom stereocenters. The molecule has 0 aliphatic rings. The number of hydrogen-bond donors (Lipinski definition) is 2. The fourth-order valence-corrected chi connectivity index (χ4v) is 2.05. The van der Waals surface area contributed by atoms with Crippen LogP contribution in [0.4, 0.5) is 18.9 Å². The van der Waals surface area contributed by atoms with Crippen LogP contribution in [0.25, 0.3) is 0 Å². The van der Waals surface area contributed by atoms with Crippen LogP contribution in [0.1, 0.15) is 25.8 Å². The minimum absolute atomic E-state index is 0.111. The highest BCUT2D eigenvalue weighted by molar-refractivity contribution is 6.30. The Hall–Kier alpha value is -1.80. The van der Waals surface area contributed by atoms with Crippen molar-refractivity contribution in [3.05, 3.63) is 28.8 Å². The van der Waals surface area contributed by atoms with Gasteiger partial charge in [0.1, 0.15) is 5.41 Å². The highest BCUT2D eigenvalue weighted by Gasteiger charge is 2.39. The van der Waals surface area contributed by atoms with Crippen LogP contribution in [-0.4, -0.2) is 32.1 Å². The van der Waals surface area contributed by atoms with E-state index in [9.17, 15) is 22.8 Å². The van der Waals surface area contributed by atoms with Gasteiger partial charge in [-0.1, -0.05) is 11.6 Å². The Morgan fingerprint density at radius 3 is 2.40 bits per heavy atom. The number of nitrogens with one attached hydrogen (secondary N) is 2. The van der Waals surface area contributed by atoms with E-state index in [-0.39, 0.29) is 11.6 Å². The quantitative estimate of drug-likeness (QED) is 0.562. The predicted molar refractivity (Wildman–Crippen MR) is 88.4 cm³/mol. The van der Waals surface area contributed by atoms with Crippen molar-refractivity contribution in [2.45, 2.75) is 26.4 Å². The third kappa shape index (κ3) is 5.89. The number of carbonyl (C=O) groups is 2. The summed E-state index contributed by atoms with van der Waals surface area (Å²) in [5, 5.41) is 4.61. The molecule has 140 valence electrons. The van der Waals surface area contributed by atoms with Gasteiger partial charge in [0.15, 0.2) is 0 Å². The molecule has 1 aromatic rings. The van der Waals surface area contributed by atoms with Gasteiger partial charge in [0.05, 0.1) is 11.3 Å². The van der Waals surface area contributed by atoms with Gasteiger partial charge >= 0.3 is 6.18 Å². The lowest BCUT2D eigenvalue weighted by Gasteiger charge is -2.24. The largest absolute Gasteiger partial charge is 0.418 e. The maximum atomic E-state index is 13.1. The first kappa shape index (κ1) is 21.2. The fourth-order valence-electron chi connectivity index (χ4n) is 1.88. The smallest absolute Gasteiger partial charge is 0.385 e. The highest BCUT2D eigenvalue weighted by Crippen LogP contribution is 2.37. The summed E-state index contributed by atoms with van der Waals surface area (Å²) in [6.07, 6.45) is -4.14. The molecule has 1 rings (SSSR count). The molecule has 0 bridgehead atoms. The van der Waals surface area contributed by atoms with E-state index in [1.54, 1.807) is 0 Å². The van der Waals surface area contributed by atoms with Crippen LogP contribution in [0.15, 0.2) is 18.2 Å². The van der Waals surface area contributed by atoms with Crippen molar-refractivity contribution in [1.29, 1.82) is 0 Å². The molecule has 9 heteroatoms. The third-order valence-corrected chi connectivity index (χ3v) is 3.72. The lowest BCUT2D eigenvalue weighted by atomic mass is 9.90. The molecule has 0 fully saturated rings. The fraction of sp³-hybridized carbons (Fsp3) is 0.500. The second-order valence-electron chi connectivity index (χ2n) is 5.87. The standard InChI is InChI=1S/C16H20ClF3N2O3/c1-15(2,13(23)21-7-4-8-25-3)14(24)22-12-6-5-10(17)9-11(12)16(18,19)20/h5-6,9H,4,7-8H2,1-3H3,(H,21,23)(H,22,24). The van der Waals surface area contributed by atoms with Gasteiger partial charge in [-0.2, -0.15) is 13.2 Å². The van der Waals surface area contributed by atoms with Crippen LogP contribution in [0, 0.1) is 5.41 Å². The Morgan fingerprint density at radius 2 is 1.84 bits per heavy atom. The third-order valence-electron chi connectivity index (χ3n) is 3.48. The molecule has 1 aromatic carbocycles. The molecular weight excluding hydrogens is 361 g/mol. The molecule has 2 N–H and O–H groups in total. The monoisotopic (exact) mass is 380 g/mol. The van der Waals surface area contributed by atoms with Crippen molar-refractivity contribution in [2.24, 2.45) is 5.41 Å². The van der Waals surface area contributed by atoms with Crippen molar-refractivity contribution in [2.75, 3.05) is 25.6 Å². The van der Waals surface area contributed by atoms with E-state index in [0.29, 0.717) is 13.0 Å². The van der Waals surface area contributed by atoms with Gasteiger partial charge in [0.25, 0.3) is 0 Å². The summed E-state index contributed by atoms with van der Waals surface area (Å²) in [6.45, 7) is 3.39. The van der Waals surface area contributed by atoms with Crippen LogP contribution in [-0.2, 0) is 20.5 Å². The maximum Gasteiger partial charge on any atom is 0.418 e. The number of amides is 2. The second kappa shape index (κ2) is 8.53. The maximum absolute atomic E-state index is 13.1. The Kier molecular flexibility index (Phi) is 7.25. The number of benzene rings is 1. The van der Waals surface area contributed by atoms with Gasteiger partial charge in [-0.05, 0) is 38.5 Å². The number of alkyl halides is 3. The van der Waals surface area contributed by atoms with Gasteiger partial charge in [0.2, 0.25) is 11.8 Å². The van der Waals surface area contributed by atoms with Crippen molar-refractivity contribution in [1.82, 2.24) is 5.32 Å². The number of rotatable bonds is 7. The van der Waals surface area contributed by atoms with Gasteiger partial charge in [-0.25, -0.2) is 0 Å². The number of ether oxygens (including phenoxy) is 1. The minimum atomic E-state index is -4.69. The van der Waals surface area contributed by atoms with E-state index < -0.39 is 34.7 Å². The van der Waals surface area contributed by atoms with Crippen LogP contribution in [0.2, 0.25) is 5.02 Å². The molecule has 0 aliphatic carbocycles. The lowest BCUT2D eigenvalue weighted by molar-refractivity contribution is -0.138. The first-order chi connectivity index (χ1) is 11.5. The summed E-state index contributed by atoms with van der Waals surface area (Å²) in [6, 6.07) is 2.99. The summed E-state index contributed by atoms with van der Waals surface area (Å²) in [4.78, 5) is 24.5. The second-order valence-corrected chi connectivity index (χ2v) is 6.31.